The number of hydrogen-bond donors (Lipinski definition) is 1. The van der Waals surface area contributed by atoms with Crippen LogP contribution in [0.15, 0.2) is 23.6 Å². The highest BCUT2D eigenvalue weighted by Crippen LogP contribution is 2.23. The Morgan fingerprint density at radius 3 is 2.81 bits per heavy atom. The largest absolute Gasteiger partial charge is 0.344 e. The van der Waals surface area contributed by atoms with Crippen LogP contribution >= 0.6 is 22.9 Å². The van der Waals surface area contributed by atoms with E-state index in [0.717, 1.165) is 16.8 Å². The van der Waals surface area contributed by atoms with Crippen molar-refractivity contribution in [2.45, 2.75) is 19.9 Å². The Hall–Kier alpha value is -1.99. The zero-order chi connectivity index (χ0) is 15.6. The molecule has 0 saturated heterocycles. The predicted molar refractivity (Wildman–Crippen MR) is 80.8 cm³/mol. The molecule has 0 aliphatic heterocycles. The van der Waals surface area contributed by atoms with E-state index < -0.39 is 10.8 Å². The molecule has 110 valence electrons. The lowest BCUT2D eigenvalue weighted by atomic mass is 10.1. The van der Waals surface area contributed by atoms with Crippen LogP contribution in [0.2, 0.25) is 5.02 Å². The monoisotopic (exact) mass is 325 g/mol. The van der Waals surface area contributed by atoms with Gasteiger partial charge in [0.05, 0.1) is 32.3 Å². The van der Waals surface area contributed by atoms with Crippen molar-refractivity contribution in [2.24, 2.45) is 0 Å². The molecular weight excluding hydrogens is 314 g/mol. The van der Waals surface area contributed by atoms with Crippen LogP contribution in [0.4, 0.5) is 5.69 Å². The van der Waals surface area contributed by atoms with E-state index in [2.05, 4.69) is 10.3 Å². The Bertz CT molecular complexity index is 702. The molecule has 0 radical (unpaired) electrons. The van der Waals surface area contributed by atoms with E-state index in [-0.39, 0.29) is 22.3 Å². The van der Waals surface area contributed by atoms with Crippen LogP contribution in [0.25, 0.3) is 0 Å². The van der Waals surface area contributed by atoms with Crippen LogP contribution in [0, 0.1) is 17.0 Å². The van der Waals surface area contributed by atoms with Crippen LogP contribution in [-0.4, -0.2) is 15.8 Å². The summed E-state index contributed by atoms with van der Waals surface area (Å²) >= 11 is 7.42. The number of nitrogens with one attached hydrogen (secondary N) is 1. The first kappa shape index (κ1) is 15.4. The minimum absolute atomic E-state index is 0.0738. The third-order valence-electron chi connectivity index (χ3n) is 2.83. The molecule has 0 aliphatic rings. The second-order valence-electron chi connectivity index (χ2n) is 4.41. The Balaban J connectivity index is 2.20. The fraction of sp³-hybridized carbons (Fsp3) is 0.231. The molecule has 0 spiro atoms. The van der Waals surface area contributed by atoms with Gasteiger partial charge in [-0.25, -0.2) is 4.98 Å². The van der Waals surface area contributed by atoms with Gasteiger partial charge in [-0.1, -0.05) is 11.6 Å². The summed E-state index contributed by atoms with van der Waals surface area (Å²) in [5.41, 5.74) is 0.638. The van der Waals surface area contributed by atoms with Gasteiger partial charge in [0.2, 0.25) is 0 Å². The van der Waals surface area contributed by atoms with Crippen molar-refractivity contribution in [3.63, 3.8) is 0 Å². The van der Waals surface area contributed by atoms with Gasteiger partial charge in [-0.05, 0) is 19.9 Å². The van der Waals surface area contributed by atoms with Crippen LogP contribution in [0.3, 0.4) is 0 Å². The topological polar surface area (TPSA) is 85.1 Å². The third-order valence-corrected chi connectivity index (χ3v) is 3.95. The van der Waals surface area contributed by atoms with E-state index in [9.17, 15) is 14.9 Å². The smallest absolute Gasteiger partial charge is 0.270 e. The van der Waals surface area contributed by atoms with E-state index in [1.165, 1.54) is 23.5 Å². The normalized spacial score (nSPS) is 12.0. The predicted octanol–water partition coefficient (Wildman–Crippen LogP) is 3.50. The second-order valence-corrected chi connectivity index (χ2v) is 5.88. The van der Waals surface area contributed by atoms with E-state index in [1.807, 2.05) is 12.3 Å². The number of benzene rings is 1. The summed E-state index contributed by atoms with van der Waals surface area (Å²) in [5.74, 6) is -0.471. The maximum atomic E-state index is 12.2. The Morgan fingerprint density at radius 2 is 2.24 bits per heavy atom. The number of nitro benzene ring substituents is 1. The highest BCUT2D eigenvalue weighted by atomic mass is 35.5. The molecule has 1 heterocycles. The Morgan fingerprint density at radius 1 is 1.52 bits per heavy atom. The first-order valence-corrected chi connectivity index (χ1v) is 7.31. The van der Waals surface area contributed by atoms with Crippen LogP contribution in [0.1, 0.15) is 34.0 Å². The number of thiazole rings is 1. The number of halogens is 1. The van der Waals surface area contributed by atoms with Gasteiger partial charge in [0, 0.05) is 17.5 Å². The van der Waals surface area contributed by atoms with Crippen molar-refractivity contribution < 1.29 is 9.72 Å². The van der Waals surface area contributed by atoms with Crippen LogP contribution < -0.4 is 5.32 Å². The number of nitrogens with zero attached hydrogens (tertiary/aromatic N) is 2. The second kappa shape index (κ2) is 6.19. The molecule has 0 saturated carbocycles. The molecule has 0 bridgehead atoms. The lowest BCUT2D eigenvalue weighted by molar-refractivity contribution is -0.384. The van der Waals surface area contributed by atoms with Crippen molar-refractivity contribution in [1.82, 2.24) is 10.3 Å². The van der Waals surface area contributed by atoms with Gasteiger partial charge >= 0.3 is 0 Å². The van der Waals surface area contributed by atoms with Crippen molar-refractivity contribution in [2.75, 3.05) is 0 Å². The molecule has 2 aromatic rings. The first-order valence-electron chi connectivity index (χ1n) is 6.05. The van der Waals surface area contributed by atoms with Crippen LogP contribution in [-0.2, 0) is 0 Å². The molecule has 21 heavy (non-hydrogen) atoms. The summed E-state index contributed by atoms with van der Waals surface area (Å²) in [6, 6.07) is 3.45. The fourth-order valence-corrected chi connectivity index (χ4v) is 2.64. The third kappa shape index (κ3) is 3.56. The van der Waals surface area contributed by atoms with Crippen LogP contribution in [0.5, 0.6) is 0 Å². The molecule has 1 N–H and O–H groups in total. The van der Waals surface area contributed by atoms with Gasteiger partial charge in [-0.3, -0.25) is 14.9 Å². The molecule has 0 fully saturated rings. The quantitative estimate of drug-likeness (QED) is 0.688. The van der Waals surface area contributed by atoms with Crippen molar-refractivity contribution in [3.05, 3.63) is 55.0 Å². The molecule has 2 rings (SSSR count). The molecular formula is C13H12ClN3O3S. The van der Waals surface area contributed by atoms with Gasteiger partial charge < -0.3 is 5.32 Å². The van der Waals surface area contributed by atoms with E-state index in [4.69, 9.17) is 11.6 Å². The number of aromatic nitrogens is 1. The summed E-state index contributed by atoms with van der Waals surface area (Å²) in [5, 5.41) is 16.4. The van der Waals surface area contributed by atoms with E-state index in [0.29, 0.717) is 0 Å². The number of rotatable bonds is 4. The average Bonchev–Trinajstić information content (AvgIpc) is 2.85. The highest BCUT2D eigenvalue weighted by Gasteiger charge is 2.18. The summed E-state index contributed by atoms with van der Waals surface area (Å²) in [4.78, 5) is 26.7. The molecule has 0 aliphatic carbocycles. The van der Waals surface area contributed by atoms with Crippen molar-refractivity contribution in [3.8, 4) is 0 Å². The minimum Gasteiger partial charge on any atom is -0.344 e. The fourth-order valence-electron chi connectivity index (χ4n) is 1.73. The standard InChI is InChI=1S/C13H12ClN3O3S/c1-7(12-6-21-8(2)16-12)15-13(18)10-5-9(17(19)20)3-4-11(10)14/h3-7H,1-2H3,(H,15,18). The van der Waals surface area contributed by atoms with Crippen molar-refractivity contribution >= 4 is 34.5 Å². The zero-order valence-electron chi connectivity index (χ0n) is 11.3. The molecule has 1 amide bonds. The lowest BCUT2D eigenvalue weighted by Gasteiger charge is -2.12. The summed E-state index contributed by atoms with van der Waals surface area (Å²) < 4.78 is 0. The van der Waals surface area contributed by atoms with Gasteiger partial charge in [-0.15, -0.1) is 11.3 Å². The van der Waals surface area contributed by atoms with Gasteiger partial charge in [0.15, 0.2) is 0 Å². The Labute approximate surface area is 129 Å². The molecule has 1 aromatic carbocycles. The Kier molecular flexibility index (Phi) is 4.54. The minimum atomic E-state index is -0.569. The van der Waals surface area contributed by atoms with Gasteiger partial charge in [0.25, 0.3) is 11.6 Å². The van der Waals surface area contributed by atoms with E-state index >= 15 is 0 Å². The number of carbonyl (C=O) groups is 1. The molecule has 6 nitrogen and oxygen atoms in total. The maximum Gasteiger partial charge on any atom is 0.270 e. The first-order chi connectivity index (χ1) is 9.88. The number of non-ortho nitro benzene ring substituents is 1. The van der Waals surface area contributed by atoms with Gasteiger partial charge in [0.1, 0.15) is 0 Å². The summed E-state index contributed by atoms with van der Waals surface area (Å²) in [7, 11) is 0. The average molecular weight is 326 g/mol. The SMILES string of the molecule is Cc1nc(C(C)NC(=O)c2cc([N+](=O)[O-])ccc2Cl)cs1. The number of hydrogen-bond acceptors (Lipinski definition) is 5. The number of amides is 1. The molecule has 1 aromatic heterocycles. The lowest BCUT2D eigenvalue weighted by Crippen LogP contribution is -2.27. The zero-order valence-corrected chi connectivity index (χ0v) is 12.9. The van der Waals surface area contributed by atoms with E-state index in [1.54, 1.807) is 6.92 Å². The summed E-state index contributed by atoms with van der Waals surface area (Å²) in [6.07, 6.45) is 0. The molecule has 8 heteroatoms. The number of nitro groups is 1. The summed E-state index contributed by atoms with van der Waals surface area (Å²) in [6.45, 7) is 3.66. The maximum absolute atomic E-state index is 12.2. The van der Waals surface area contributed by atoms with Gasteiger partial charge in [-0.2, -0.15) is 0 Å². The number of aryl methyl sites for hydroxylation is 1. The number of carbonyl (C=O) groups excluding carboxylic acids is 1. The molecule has 1 unspecified atom stereocenters. The molecule has 1 atom stereocenters. The van der Waals surface area contributed by atoms with Crippen molar-refractivity contribution in [1.29, 1.82) is 0 Å². The highest BCUT2D eigenvalue weighted by molar-refractivity contribution is 7.09.